The average molecular weight is 471 g/mol. The van der Waals surface area contributed by atoms with Gasteiger partial charge in [0.2, 0.25) is 0 Å². The minimum atomic E-state index is -3.12. The standard InChI is InChI=1S/C30H38Ge/c1-11-12-31(28-22(5)13-19(2)14-23(28)6,29-24(7)15-20(3)16-25(29)8)30-26(9)17-21(4)18-27(30)10/h11,13-18H,1,12H2,2-10H3. The van der Waals surface area contributed by atoms with Crippen LogP contribution in [0.1, 0.15) is 50.1 Å². The van der Waals surface area contributed by atoms with Crippen molar-refractivity contribution in [2.75, 3.05) is 0 Å². The molecular formula is C30H38Ge. The third kappa shape index (κ3) is 4.07. The third-order valence-corrected chi connectivity index (χ3v) is 19.0. The van der Waals surface area contributed by atoms with Crippen LogP contribution in [0.4, 0.5) is 0 Å². The van der Waals surface area contributed by atoms with Gasteiger partial charge in [0.05, 0.1) is 0 Å². The molecule has 0 radical (unpaired) electrons. The van der Waals surface area contributed by atoms with Gasteiger partial charge in [-0.1, -0.05) is 0 Å². The Morgan fingerprint density at radius 3 is 0.935 bits per heavy atom. The van der Waals surface area contributed by atoms with E-state index in [1.165, 1.54) is 50.1 Å². The topological polar surface area (TPSA) is 0 Å². The van der Waals surface area contributed by atoms with Crippen molar-refractivity contribution in [1.29, 1.82) is 0 Å². The van der Waals surface area contributed by atoms with Gasteiger partial charge in [-0.2, -0.15) is 0 Å². The van der Waals surface area contributed by atoms with E-state index in [2.05, 4.69) is 111 Å². The summed E-state index contributed by atoms with van der Waals surface area (Å²) in [4.78, 5) is 0. The third-order valence-electron chi connectivity index (χ3n) is 6.76. The quantitative estimate of drug-likeness (QED) is 0.311. The SMILES string of the molecule is C=C[CH2][Ge]([c]1c(C)cc(C)cc1C)([c]1c(C)cc(C)cc1C)[c]1c(C)cc(C)cc1C. The second kappa shape index (κ2) is 8.82. The molecule has 0 heterocycles. The predicted octanol–water partition coefficient (Wildman–Crippen LogP) is 6.12. The van der Waals surface area contributed by atoms with E-state index in [1.807, 2.05) is 0 Å². The first kappa shape index (κ1) is 23.6. The first-order chi connectivity index (χ1) is 14.5. The fourth-order valence-electron chi connectivity index (χ4n) is 6.46. The van der Waals surface area contributed by atoms with Gasteiger partial charge in [0.15, 0.2) is 0 Å². The van der Waals surface area contributed by atoms with Gasteiger partial charge in [-0.3, -0.25) is 0 Å². The van der Waals surface area contributed by atoms with Crippen LogP contribution in [0, 0.1) is 62.3 Å². The average Bonchev–Trinajstić information content (AvgIpc) is 2.58. The normalized spacial score (nSPS) is 11.6. The molecule has 0 N–H and O–H groups in total. The van der Waals surface area contributed by atoms with E-state index in [4.69, 9.17) is 0 Å². The molecule has 1 heteroatoms. The van der Waals surface area contributed by atoms with Crippen molar-refractivity contribution in [3.63, 3.8) is 0 Å². The molecule has 0 saturated carbocycles. The molecule has 0 bridgehead atoms. The van der Waals surface area contributed by atoms with Crippen molar-refractivity contribution >= 4 is 26.5 Å². The van der Waals surface area contributed by atoms with Crippen LogP contribution in [0.15, 0.2) is 49.1 Å². The summed E-state index contributed by atoms with van der Waals surface area (Å²) in [6.45, 7) is 24.9. The molecule has 0 atom stereocenters. The predicted molar refractivity (Wildman–Crippen MR) is 142 cm³/mol. The van der Waals surface area contributed by atoms with E-state index < -0.39 is 13.3 Å². The van der Waals surface area contributed by atoms with E-state index in [9.17, 15) is 0 Å². The van der Waals surface area contributed by atoms with Crippen LogP contribution < -0.4 is 13.2 Å². The van der Waals surface area contributed by atoms with Gasteiger partial charge in [0.1, 0.15) is 0 Å². The Kier molecular flexibility index (Phi) is 6.72. The van der Waals surface area contributed by atoms with E-state index in [0.717, 1.165) is 5.25 Å². The van der Waals surface area contributed by atoms with Crippen LogP contribution in [0.25, 0.3) is 0 Å². The number of allylic oxidation sites excluding steroid dienone is 1. The minimum absolute atomic E-state index is 1.06. The van der Waals surface area contributed by atoms with Crippen molar-refractivity contribution in [2.45, 2.75) is 67.6 Å². The summed E-state index contributed by atoms with van der Waals surface area (Å²) in [5, 5.41) is 1.06. The Morgan fingerprint density at radius 2 is 0.742 bits per heavy atom. The van der Waals surface area contributed by atoms with Gasteiger partial charge in [0, 0.05) is 0 Å². The van der Waals surface area contributed by atoms with Gasteiger partial charge >= 0.3 is 193 Å². The Balaban J connectivity index is 2.65. The number of rotatable bonds is 5. The first-order valence-corrected chi connectivity index (χ1v) is 16.0. The molecule has 3 rings (SSSR count). The molecule has 0 aliphatic heterocycles. The maximum absolute atomic E-state index is 4.30. The number of hydrogen-bond acceptors (Lipinski definition) is 0. The second-order valence-corrected chi connectivity index (χ2v) is 17.5. The van der Waals surface area contributed by atoms with Crippen molar-refractivity contribution in [3.05, 3.63) is 99.1 Å². The zero-order valence-electron chi connectivity index (χ0n) is 21.0. The van der Waals surface area contributed by atoms with Gasteiger partial charge in [-0.05, 0) is 0 Å². The van der Waals surface area contributed by atoms with Crippen LogP contribution in [0.2, 0.25) is 5.25 Å². The molecular weight excluding hydrogens is 433 g/mol. The summed E-state index contributed by atoms with van der Waals surface area (Å²) >= 11 is -3.12. The van der Waals surface area contributed by atoms with Crippen molar-refractivity contribution in [3.8, 4) is 0 Å². The Bertz CT molecular complexity index is 955. The molecule has 0 aliphatic carbocycles. The van der Waals surface area contributed by atoms with Gasteiger partial charge < -0.3 is 0 Å². The molecule has 31 heavy (non-hydrogen) atoms. The monoisotopic (exact) mass is 472 g/mol. The van der Waals surface area contributed by atoms with Crippen LogP contribution in [-0.4, -0.2) is 13.3 Å². The molecule has 0 spiro atoms. The van der Waals surface area contributed by atoms with Gasteiger partial charge in [-0.15, -0.1) is 0 Å². The molecule has 0 nitrogen and oxygen atoms in total. The van der Waals surface area contributed by atoms with Crippen molar-refractivity contribution < 1.29 is 0 Å². The fraction of sp³-hybridized carbons (Fsp3) is 0.333. The zero-order valence-corrected chi connectivity index (χ0v) is 23.1. The maximum atomic E-state index is 4.30. The molecule has 0 aromatic heterocycles. The summed E-state index contributed by atoms with van der Waals surface area (Å²) in [5.74, 6) is 0. The Labute approximate surface area is 192 Å². The summed E-state index contributed by atoms with van der Waals surface area (Å²) in [5.41, 5.74) is 12.7. The Hall–Kier alpha value is -2.06. The summed E-state index contributed by atoms with van der Waals surface area (Å²) < 4.78 is 4.86. The molecule has 3 aromatic rings. The zero-order chi connectivity index (χ0) is 23.1. The van der Waals surface area contributed by atoms with Crippen LogP contribution >= 0.6 is 0 Å². The molecule has 0 unspecified atom stereocenters. The fourth-order valence-corrected chi connectivity index (χ4v) is 19.6. The van der Waals surface area contributed by atoms with E-state index >= 15 is 0 Å². The van der Waals surface area contributed by atoms with Crippen LogP contribution in [0.3, 0.4) is 0 Å². The molecule has 0 aliphatic rings. The first-order valence-electron chi connectivity index (χ1n) is 11.4. The number of aryl methyl sites for hydroxylation is 9. The van der Waals surface area contributed by atoms with Crippen molar-refractivity contribution in [1.82, 2.24) is 0 Å². The van der Waals surface area contributed by atoms with E-state index in [-0.39, 0.29) is 0 Å². The molecule has 0 fully saturated rings. The van der Waals surface area contributed by atoms with Crippen LogP contribution in [-0.2, 0) is 0 Å². The van der Waals surface area contributed by atoms with E-state index in [1.54, 1.807) is 13.2 Å². The molecule has 0 saturated heterocycles. The summed E-state index contributed by atoms with van der Waals surface area (Å²) in [7, 11) is 0. The number of benzene rings is 3. The Morgan fingerprint density at radius 1 is 0.516 bits per heavy atom. The second-order valence-electron chi connectivity index (χ2n) is 9.72. The molecule has 0 amide bonds. The number of hydrogen-bond donors (Lipinski definition) is 0. The van der Waals surface area contributed by atoms with Gasteiger partial charge in [-0.25, -0.2) is 0 Å². The molecule has 162 valence electrons. The van der Waals surface area contributed by atoms with Gasteiger partial charge in [0.25, 0.3) is 0 Å². The molecule has 3 aromatic carbocycles. The summed E-state index contributed by atoms with van der Waals surface area (Å²) in [6.07, 6.45) is 2.20. The summed E-state index contributed by atoms with van der Waals surface area (Å²) in [6, 6.07) is 14.4. The van der Waals surface area contributed by atoms with E-state index in [0.29, 0.717) is 0 Å². The van der Waals surface area contributed by atoms with Crippen LogP contribution in [0.5, 0.6) is 0 Å². The van der Waals surface area contributed by atoms with Crippen molar-refractivity contribution in [2.24, 2.45) is 0 Å².